The molecule has 2 saturated carbocycles. The molecule has 2 unspecified atom stereocenters. The number of carbonyl (C=O) groups excluding carboxylic acids is 1. The summed E-state index contributed by atoms with van der Waals surface area (Å²) in [7, 11) is 0. The van der Waals surface area contributed by atoms with Crippen molar-refractivity contribution >= 4 is 5.91 Å². The van der Waals surface area contributed by atoms with Crippen LogP contribution in [0.15, 0.2) is 0 Å². The van der Waals surface area contributed by atoms with Gasteiger partial charge in [-0.3, -0.25) is 4.79 Å². The van der Waals surface area contributed by atoms with Crippen molar-refractivity contribution in [2.24, 2.45) is 23.2 Å². The predicted octanol–water partition coefficient (Wildman–Crippen LogP) is 2.06. The molecular weight excluding hydrogens is 226 g/mol. The quantitative estimate of drug-likeness (QED) is 0.712. The average Bonchev–Trinajstić information content (AvgIpc) is 2.84. The summed E-state index contributed by atoms with van der Waals surface area (Å²) in [5, 5.41) is 0. The first-order valence-corrected chi connectivity index (χ1v) is 7.62. The minimum atomic E-state index is 0.378. The predicted molar refractivity (Wildman–Crippen MR) is 68.0 cm³/mol. The standard InChI is InChI=1S/C15H23NO2/c17-14(13-8-11-7-12(11)9-13)16-4-1-15(10-16)2-5-18-6-3-15/h11-13H,1-10H2. The Morgan fingerprint density at radius 3 is 2.50 bits per heavy atom. The van der Waals surface area contributed by atoms with Crippen LogP contribution in [-0.2, 0) is 9.53 Å². The van der Waals surface area contributed by atoms with Crippen molar-refractivity contribution in [1.29, 1.82) is 0 Å². The maximum Gasteiger partial charge on any atom is 0.225 e. The number of nitrogens with zero attached hydrogens (tertiary/aromatic N) is 1. The van der Waals surface area contributed by atoms with Crippen LogP contribution < -0.4 is 0 Å². The summed E-state index contributed by atoms with van der Waals surface area (Å²) >= 11 is 0. The smallest absolute Gasteiger partial charge is 0.225 e. The minimum absolute atomic E-state index is 0.378. The third-order valence-corrected chi connectivity index (χ3v) is 5.90. The Kier molecular flexibility index (Phi) is 2.48. The van der Waals surface area contributed by atoms with Gasteiger partial charge in [0.2, 0.25) is 5.91 Å². The Bertz CT molecular complexity index is 352. The lowest BCUT2D eigenvalue weighted by Crippen LogP contribution is -2.38. The van der Waals surface area contributed by atoms with Gasteiger partial charge in [0, 0.05) is 32.2 Å². The lowest BCUT2D eigenvalue weighted by Gasteiger charge is -2.33. The second kappa shape index (κ2) is 3.96. The van der Waals surface area contributed by atoms with E-state index in [1.807, 2.05) is 0 Å². The molecule has 2 saturated heterocycles. The van der Waals surface area contributed by atoms with E-state index in [1.54, 1.807) is 0 Å². The van der Waals surface area contributed by atoms with Crippen molar-refractivity contribution in [3.8, 4) is 0 Å². The van der Waals surface area contributed by atoms with Gasteiger partial charge in [-0.15, -0.1) is 0 Å². The summed E-state index contributed by atoms with van der Waals surface area (Å²) in [6, 6.07) is 0. The van der Waals surface area contributed by atoms with Gasteiger partial charge in [-0.05, 0) is 55.8 Å². The number of carbonyl (C=O) groups is 1. The van der Waals surface area contributed by atoms with Crippen LogP contribution in [-0.4, -0.2) is 37.1 Å². The Balaban J connectivity index is 1.39. The molecular formula is C15H23NO2. The number of rotatable bonds is 1. The first kappa shape index (κ1) is 11.3. The molecule has 1 amide bonds. The van der Waals surface area contributed by atoms with Crippen LogP contribution in [0.5, 0.6) is 0 Å². The number of hydrogen-bond donors (Lipinski definition) is 0. The van der Waals surface area contributed by atoms with Crippen LogP contribution >= 0.6 is 0 Å². The molecule has 0 aromatic heterocycles. The van der Waals surface area contributed by atoms with Crippen LogP contribution in [0.4, 0.5) is 0 Å². The van der Waals surface area contributed by atoms with Crippen molar-refractivity contribution in [3.63, 3.8) is 0 Å². The van der Waals surface area contributed by atoms with Gasteiger partial charge in [-0.25, -0.2) is 0 Å². The highest BCUT2D eigenvalue weighted by Crippen LogP contribution is 2.55. The number of likely N-dealkylation sites (tertiary alicyclic amines) is 1. The number of ether oxygens (including phenoxy) is 1. The zero-order valence-corrected chi connectivity index (χ0v) is 11.1. The van der Waals surface area contributed by atoms with E-state index in [2.05, 4.69) is 4.90 Å². The molecule has 4 rings (SSSR count). The van der Waals surface area contributed by atoms with Crippen molar-refractivity contribution in [2.45, 2.75) is 38.5 Å². The molecule has 4 aliphatic rings. The molecule has 100 valence electrons. The Hall–Kier alpha value is -0.570. The molecule has 2 atom stereocenters. The number of hydrogen-bond acceptors (Lipinski definition) is 2. The second-order valence-electron chi connectivity index (χ2n) is 7.05. The summed E-state index contributed by atoms with van der Waals surface area (Å²) in [6.07, 6.45) is 7.32. The van der Waals surface area contributed by atoms with E-state index in [0.717, 1.165) is 51.0 Å². The molecule has 4 fully saturated rings. The van der Waals surface area contributed by atoms with Gasteiger partial charge in [-0.1, -0.05) is 0 Å². The van der Waals surface area contributed by atoms with Crippen molar-refractivity contribution in [2.75, 3.05) is 26.3 Å². The maximum absolute atomic E-state index is 12.5. The lowest BCUT2D eigenvalue weighted by atomic mass is 9.80. The Morgan fingerprint density at radius 1 is 1.06 bits per heavy atom. The molecule has 18 heavy (non-hydrogen) atoms. The maximum atomic E-state index is 12.5. The molecule has 1 spiro atoms. The fraction of sp³-hybridized carbons (Fsp3) is 0.933. The molecule has 3 nitrogen and oxygen atoms in total. The third kappa shape index (κ3) is 1.78. The molecule has 0 radical (unpaired) electrons. The molecule has 0 N–H and O–H groups in total. The van der Waals surface area contributed by atoms with Gasteiger partial charge in [-0.2, -0.15) is 0 Å². The molecule has 0 bridgehead atoms. The topological polar surface area (TPSA) is 29.5 Å². The van der Waals surface area contributed by atoms with Crippen LogP contribution in [0.2, 0.25) is 0 Å². The molecule has 2 aliphatic heterocycles. The van der Waals surface area contributed by atoms with E-state index in [-0.39, 0.29) is 0 Å². The summed E-state index contributed by atoms with van der Waals surface area (Å²) < 4.78 is 5.47. The van der Waals surface area contributed by atoms with E-state index in [0.29, 0.717) is 17.2 Å². The van der Waals surface area contributed by atoms with Crippen molar-refractivity contribution in [1.82, 2.24) is 4.90 Å². The molecule has 0 aromatic carbocycles. The van der Waals surface area contributed by atoms with Crippen LogP contribution in [0.25, 0.3) is 0 Å². The molecule has 2 heterocycles. The summed E-state index contributed by atoms with van der Waals surface area (Å²) in [6.45, 7) is 3.82. The van der Waals surface area contributed by atoms with Crippen LogP contribution in [0.3, 0.4) is 0 Å². The minimum Gasteiger partial charge on any atom is -0.381 e. The van der Waals surface area contributed by atoms with E-state index in [9.17, 15) is 4.79 Å². The summed E-state index contributed by atoms with van der Waals surface area (Å²) in [5.74, 6) is 2.69. The lowest BCUT2D eigenvalue weighted by molar-refractivity contribution is -0.135. The van der Waals surface area contributed by atoms with Crippen LogP contribution in [0, 0.1) is 23.2 Å². The highest BCUT2D eigenvalue weighted by molar-refractivity contribution is 5.79. The van der Waals surface area contributed by atoms with Gasteiger partial charge >= 0.3 is 0 Å². The van der Waals surface area contributed by atoms with Gasteiger partial charge in [0.05, 0.1) is 0 Å². The average molecular weight is 249 g/mol. The Morgan fingerprint density at radius 2 is 1.78 bits per heavy atom. The first-order valence-electron chi connectivity index (χ1n) is 7.62. The van der Waals surface area contributed by atoms with Crippen LogP contribution in [0.1, 0.15) is 38.5 Å². The van der Waals surface area contributed by atoms with E-state index in [4.69, 9.17) is 4.74 Å². The zero-order chi connectivity index (χ0) is 12.2. The highest BCUT2D eigenvalue weighted by Gasteiger charge is 2.50. The second-order valence-corrected chi connectivity index (χ2v) is 7.05. The Labute approximate surface area is 109 Å². The van der Waals surface area contributed by atoms with Gasteiger partial charge < -0.3 is 9.64 Å². The zero-order valence-electron chi connectivity index (χ0n) is 11.1. The van der Waals surface area contributed by atoms with E-state index < -0.39 is 0 Å². The number of fused-ring (bicyclic) bond motifs is 1. The third-order valence-electron chi connectivity index (χ3n) is 5.90. The van der Waals surface area contributed by atoms with Crippen molar-refractivity contribution < 1.29 is 9.53 Å². The monoisotopic (exact) mass is 249 g/mol. The highest BCUT2D eigenvalue weighted by atomic mass is 16.5. The largest absolute Gasteiger partial charge is 0.381 e. The van der Waals surface area contributed by atoms with E-state index >= 15 is 0 Å². The molecule has 0 aromatic rings. The molecule has 3 heteroatoms. The summed E-state index contributed by atoms with van der Waals surface area (Å²) in [4.78, 5) is 14.7. The fourth-order valence-corrected chi connectivity index (χ4v) is 4.51. The van der Waals surface area contributed by atoms with E-state index in [1.165, 1.54) is 25.7 Å². The first-order chi connectivity index (χ1) is 8.76. The van der Waals surface area contributed by atoms with Gasteiger partial charge in [0.1, 0.15) is 0 Å². The fourth-order valence-electron chi connectivity index (χ4n) is 4.51. The SMILES string of the molecule is O=C(C1CC2CC2C1)N1CCC2(CCOCC2)C1. The van der Waals surface area contributed by atoms with Gasteiger partial charge in [0.15, 0.2) is 0 Å². The van der Waals surface area contributed by atoms with Crippen molar-refractivity contribution in [3.05, 3.63) is 0 Å². The number of amides is 1. The molecule has 2 aliphatic carbocycles. The normalized spacial score (nSPS) is 41.1. The van der Waals surface area contributed by atoms with Gasteiger partial charge in [0.25, 0.3) is 0 Å². The summed E-state index contributed by atoms with van der Waals surface area (Å²) in [5.41, 5.74) is 0.412.